The van der Waals surface area contributed by atoms with Crippen LogP contribution >= 0.6 is 0 Å². The Morgan fingerprint density at radius 3 is 2.50 bits per heavy atom. The fourth-order valence-corrected chi connectivity index (χ4v) is 3.37. The molecule has 0 amide bonds. The average molecular weight is 283 g/mol. The Balaban J connectivity index is 2.44. The lowest BCUT2D eigenvalue weighted by molar-refractivity contribution is -0.0993. The molecule has 2 rings (SSSR count). The zero-order chi connectivity index (χ0) is 15.0. The van der Waals surface area contributed by atoms with Crippen LogP contribution in [0.4, 0.5) is 8.78 Å². The van der Waals surface area contributed by atoms with Gasteiger partial charge in [0.25, 0.3) is 0 Å². The fourth-order valence-electron chi connectivity index (χ4n) is 3.37. The van der Waals surface area contributed by atoms with Crippen LogP contribution in [0.5, 0.6) is 0 Å². The van der Waals surface area contributed by atoms with Crippen LogP contribution in [-0.2, 0) is 5.60 Å². The molecule has 1 fully saturated rings. The van der Waals surface area contributed by atoms with E-state index in [-0.39, 0.29) is 12.1 Å². The summed E-state index contributed by atoms with van der Waals surface area (Å²) in [6.07, 6.45) is 3.36. The molecule has 1 atom stereocenters. The first-order valence-corrected chi connectivity index (χ1v) is 7.21. The summed E-state index contributed by atoms with van der Waals surface area (Å²) >= 11 is 0. The van der Waals surface area contributed by atoms with Crippen molar-refractivity contribution in [1.29, 1.82) is 0 Å². The van der Waals surface area contributed by atoms with Crippen LogP contribution in [0.3, 0.4) is 0 Å². The molecule has 1 aliphatic carbocycles. The summed E-state index contributed by atoms with van der Waals surface area (Å²) in [5.74, 6) is -1.31. The van der Waals surface area contributed by atoms with Gasteiger partial charge >= 0.3 is 0 Å². The van der Waals surface area contributed by atoms with Crippen molar-refractivity contribution in [3.05, 3.63) is 35.4 Å². The molecular weight excluding hydrogens is 260 g/mol. The highest BCUT2D eigenvalue weighted by molar-refractivity contribution is 5.28. The van der Waals surface area contributed by atoms with Crippen LogP contribution in [-0.4, -0.2) is 11.7 Å². The number of nitrogens with two attached hydrogens (primary N) is 1. The van der Waals surface area contributed by atoms with E-state index in [2.05, 4.69) is 6.92 Å². The smallest absolute Gasteiger partial charge is 0.164 e. The minimum atomic E-state index is -1.46. The lowest BCUT2D eigenvalue weighted by Crippen LogP contribution is -2.51. The molecule has 112 valence electrons. The topological polar surface area (TPSA) is 46.2 Å². The number of rotatable bonds is 3. The second kappa shape index (κ2) is 5.41. The van der Waals surface area contributed by atoms with Crippen molar-refractivity contribution in [2.24, 2.45) is 17.1 Å². The first-order chi connectivity index (χ1) is 9.34. The highest BCUT2D eigenvalue weighted by Crippen LogP contribution is 2.50. The molecule has 1 aromatic rings. The van der Waals surface area contributed by atoms with Gasteiger partial charge in [-0.15, -0.1) is 0 Å². The van der Waals surface area contributed by atoms with Crippen LogP contribution in [0.15, 0.2) is 18.2 Å². The van der Waals surface area contributed by atoms with E-state index in [1.165, 1.54) is 12.1 Å². The minimum absolute atomic E-state index is 0.0116. The van der Waals surface area contributed by atoms with E-state index in [0.717, 1.165) is 31.7 Å². The first kappa shape index (κ1) is 15.4. The van der Waals surface area contributed by atoms with Crippen LogP contribution in [0.1, 0.15) is 45.1 Å². The summed E-state index contributed by atoms with van der Waals surface area (Å²) in [6, 6.07) is 3.94. The van der Waals surface area contributed by atoms with Crippen LogP contribution in [0, 0.1) is 23.0 Å². The molecule has 1 saturated carbocycles. The molecule has 1 aromatic carbocycles. The van der Waals surface area contributed by atoms with E-state index >= 15 is 0 Å². The molecule has 1 unspecified atom stereocenters. The lowest BCUT2D eigenvalue weighted by atomic mass is 9.60. The molecule has 0 bridgehead atoms. The standard InChI is InChI=1S/C16H23F2NO/c1-11-6-8-16(10-19,9-7-11)15(2,20)12-4-3-5-13(17)14(12)18/h3-5,11,20H,6-10,19H2,1-2H3. The second-order valence-corrected chi connectivity index (χ2v) is 6.34. The molecule has 2 nitrogen and oxygen atoms in total. The predicted octanol–water partition coefficient (Wildman–Crippen LogP) is 3.33. The van der Waals surface area contributed by atoms with Gasteiger partial charge in [0, 0.05) is 17.5 Å². The van der Waals surface area contributed by atoms with E-state index in [9.17, 15) is 13.9 Å². The third-order valence-electron chi connectivity index (χ3n) is 5.13. The zero-order valence-electron chi connectivity index (χ0n) is 12.1. The number of benzene rings is 1. The van der Waals surface area contributed by atoms with Gasteiger partial charge in [0.05, 0.1) is 5.60 Å². The Hall–Kier alpha value is -1.00. The van der Waals surface area contributed by atoms with E-state index in [1.807, 2.05) is 0 Å². The largest absolute Gasteiger partial charge is 0.385 e. The molecule has 0 aromatic heterocycles. The van der Waals surface area contributed by atoms with Gasteiger partial charge in [-0.3, -0.25) is 0 Å². The summed E-state index contributed by atoms with van der Waals surface area (Å²) < 4.78 is 27.5. The Morgan fingerprint density at radius 1 is 1.35 bits per heavy atom. The molecule has 0 saturated heterocycles. The van der Waals surface area contributed by atoms with Crippen molar-refractivity contribution < 1.29 is 13.9 Å². The Morgan fingerprint density at radius 2 is 1.95 bits per heavy atom. The van der Waals surface area contributed by atoms with Crippen molar-refractivity contribution >= 4 is 0 Å². The van der Waals surface area contributed by atoms with Crippen LogP contribution < -0.4 is 5.73 Å². The number of halogens is 2. The molecule has 4 heteroatoms. The quantitative estimate of drug-likeness (QED) is 0.894. The maximum atomic E-state index is 14.1. The van der Waals surface area contributed by atoms with Crippen LogP contribution in [0.2, 0.25) is 0 Å². The van der Waals surface area contributed by atoms with E-state index in [1.54, 1.807) is 6.92 Å². The molecule has 0 aliphatic heterocycles. The molecule has 1 aliphatic rings. The molecule has 0 spiro atoms. The van der Waals surface area contributed by atoms with Gasteiger partial charge in [0.1, 0.15) is 0 Å². The fraction of sp³-hybridized carbons (Fsp3) is 0.625. The minimum Gasteiger partial charge on any atom is -0.385 e. The molecule has 3 N–H and O–H groups in total. The van der Waals surface area contributed by atoms with Gasteiger partial charge < -0.3 is 10.8 Å². The number of hydrogen-bond acceptors (Lipinski definition) is 2. The van der Waals surface area contributed by atoms with E-state index < -0.39 is 22.7 Å². The number of hydrogen-bond donors (Lipinski definition) is 2. The Bertz CT molecular complexity index is 479. The summed E-state index contributed by atoms with van der Waals surface area (Å²) in [7, 11) is 0. The van der Waals surface area contributed by atoms with Crippen molar-refractivity contribution in [2.75, 3.05) is 6.54 Å². The summed E-state index contributed by atoms with van der Waals surface area (Å²) in [5, 5.41) is 11.0. The highest BCUT2D eigenvalue weighted by atomic mass is 19.2. The second-order valence-electron chi connectivity index (χ2n) is 6.34. The first-order valence-electron chi connectivity index (χ1n) is 7.21. The third kappa shape index (κ3) is 2.35. The normalized spacial score (nSPS) is 30.0. The van der Waals surface area contributed by atoms with Gasteiger partial charge in [-0.25, -0.2) is 8.78 Å². The molecule has 20 heavy (non-hydrogen) atoms. The van der Waals surface area contributed by atoms with Gasteiger partial charge in [0.2, 0.25) is 0 Å². The maximum absolute atomic E-state index is 14.1. The van der Waals surface area contributed by atoms with E-state index in [4.69, 9.17) is 5.73 Å². The van der Waals surface area contributed by atoms with Crippen molar-refractivity contribution in [3.63, 3.8) is 0 Å². The zero-order valence-corrected chi connectivity index (χ0v) is 12.1. The van der Waals surface area contributed by atoms with E-state index in [0.29, 0.717) is 5.92 Å². The van der Waals surface area contributed by atoms with Crippen molar-refractivity contribution in [3.8, 4) is 0 Å². The summed E-state index contributed by atoms with van der Waals surface area (Å²) in [6.45, 7) is 3.99. The molecular formula is C16H23F2NO. The monoisotopic (exact) mass is 283 g/mol. The van der Waals surface area contributed by atoms with Gasteiger partial charge in [-0.05, 0) is 31.7 Å². The molecule has 0 heterocycles. The Kier molecular flexibility index (Phi) is 4.17. The summed E-state index contributed by atoms with van der Waals surface area (Å²) in [4.78, 5) is 0. The molecule has 0 radical (unpaired) electrons. The number of aliphatic hydroxyl groups is 1. The van der Waals surface area contributed by atoms with Crippen LogP contribution in [0.25, 0.3) is 0 Å². The predicted molar refractivity (Wildman–Crippen MR) is 75.0 cm³/mol. The van der Waals surface area contributed by atoms with Crippen molar-refractivity contribution in [2.45, 2.75) is 45.1 Å². The maximum Gasteiger partial charge on any atom is 0.164 e. The summed E-state index contributed by atoms with van der Waals surface area (Å²) in [5.41, 5.74) is 3.88. The van der Waals surface area contributed by atoms with Gasteiger partial charge in [0.15, 0.2) is 11.6 Å². The highest BCUT2D eigenvalue weighted by Gasteiger charge is 2.49. The van der Waals surface area contributed by atoms with Gasteiger partial charge in [-0.2, -0.15) is 0 Å². The van der Waals surface area contributed by atoms with Gasteiger partial charge in [-0.1, -0.05) is 31.9 Å². The Labute approximate surface area is 119 Å². The lowest BCUT2D eigenvalue weighted by Gasteiger charge is -2.49. The average Bonchev–Trinajstić information content (AvgIpc) is 2.42. The third-order valence-corrected chi connectivity index (χ3v) is 5.13. The van der Waals surface area contributed by atoms with Crippen molar-refractivity contribution in [1.82, 2.24) is 0 Å². The SMILES string of the molecule is CC1CCC(CN)(C(C)(O)c2cccc(F)c2F)CC1.